The molecule has 0 aliphatic heterocycles. The van der Waals surface area contributed by atoms with Gasteiger partial charge in [-0.25, -0.2) is 0 Å². The predicted molar refractivity (Wildman–Crippen MR) is 46.7 cm³/mol. The van der Waals surface area contributed by atoms with Gasteiger partial charge in [-0.1, -0.05) is 13.3 Å². The van der Waals surface area contributed by atoms with Crippen molar-refractivity contribution >= 4 is 22.6 Å². The first-order valence-corrected chi connectivity index (χ1v) is 5.60. The fraction of sp³-hybridized carbons (Fsp3) is 0.833. The molecule has 2 nitrogen and oxygen atoms in total. The number of aliphatic hydroxyl groups excluding tert-OH is 1. The van der Waals surface area contributed by atoms with E-state index in [9.17, 15) is 0 Å². The van der Waals surface area contributed by atoms with Crippen LogP contribution in [0.25, 0.3) is 0 Å². The van der Waals surface area contributed by atoms with Gasteiger partial charge in [0.15, 0.2) is 0 Å². The molecule has 60 valence electrons. The normalized spacial score (nSPS) is 6.60. The monoisotopic (exact) mass is 309 g/mol. The molecule has 0 heterocycles. The first kappa shape index (κ1) is 17.3. The average molecular weight is 310 g/mol. The Labute approximate surface area is 86.9 Å². The third-order valence-corrected chi connectivity index (χ3v) is 1.02. The number of unbranched alkanes of at least 4 members (excludes halogenated alkanes) is 1. The van der Waals surface area contributed by atoms with Gasteiger partial charge in [-0.15, -0.1) is 0 Å². The van der Waals surface area contributed by atoms with E-state index >= 15 is 0 Å². The Bertz CT molecular complexity index is 36.9. The van der Waals surface area contributed by atoms with Crippen LogP contribution in [0.2, 0.25) is 0 Å². The molecule has 1 N–H and O–H groups in total. The molecule has 4 heteroatoms. The summed E-state index contributed by atoms with van der Waals surface area (Å²) in [5.41, 5.74) is 0. The summed E-state index contributed by atoms with van der Waals surface area (Å²) in [5.74, 6) is 0. The van der Waals surface area contributed by atoms with Crippen molar-refractivity contribution in [1.29, 1.82) is 0 Å². The third kappa shape index (κ3) is 61.9. The number of hydrogen-bond acceptors (Lipinski definition) is 2. The van der Waals surface area contributed by atoms with Gasteiger partial charge in [0.25, 0.3) is 0 Å². The summed E-state index contributed by atoms with van der Waals surface area (Å²) in [6.07, 6.45) is 2.53. The standard InChI is InChI=1S/C4H8I.C2H6O.O.Zn/c1-2-3-4-5;1-2-3;;/h4H,2-3H2,1H3;3H,2H2,1H3;;/q-1;;;. The van der Waals surface area contributed by atoms with Crippen LogP contribution in [0.1, 0.15) is 26.7 Å². The van der Waals surface area contributed by atoms with Gasteiger partial charge in [-0.2, -0.15) is 6.42 Å². The second kappa shape index (κ2) is 32.1. The van der Waals surface area contributed by atoms with E-state index in [1.54, 1.807) is 6.92 Å². The van der Waals surface area contributed by atoms with Gasteiger partial charge in [0.1, 0.15) is 0 Å². The van der Waals surface area contributed by atoms with E-state index in [1.165, 1.54) is 12.8 Å². The molecule has 0 radical (unpaired) electrons. The molecule has 0 rings (SSSR count). The van der Waals surface area contributed by atoms with Crippen LogP contribution in [0.3, 0.4) is 0 Å². The molecule has 0 saturated carbocycles. The number of rotatable bonds is 2. The zero-order valence-corrected chi connectivity index (χ0v) is 11.8. The van der Waals surface area contributed by atoms with Gasteiger partial charge in [0.2, 0.25) is 0 Å². The molecule has 0 aromatic rings. The average Bonchev–Trinajstić information content (AvgIpc) is 1.96. The number of halogens is 1. The van der Waals surface area contributed by atoms with Gasteiger partial charge in [-0.05, 0) is 6.92 Å². The Morgan fingerprint density at radius 3 is 1.80 bits per heavy atom. The summed E-state index contributed by atoms with van der Waals surface area (Å²) >= 11 is 2.39. The molecule has 0 atom stereocenters. The van der Waals surface area contributed by atoms with Crippen molar-refractivity contribution in [2.75, 3.05) is 6.61 Å². The Kier molecular flexibility index (Phi) is 55.5. The van der Waals surface area contributed by atoms with Crippen LogP contribution in [0.5, 0.6) is 0 Å². The zero-order chi connectivity index (χ0) is 8.83. The third-order valence-electron chi connectivity index (χ3n) is 0.398. The van der Waals surface area contributed by atoms with Crippen molar-refractivity contribution in [2.24, 2.45) is 0 Å². The van der Waals surface area contributed by atoms with Gasteiger partial charge in [0.05, 0.1) is 0 Å². The van der Waals surface area contributed by atoms with Gasteiger partial charge < -0.3 is 27.7 Å². The van der Waals surface area contributed by atoms with Crippen molar-refractivity contribution in [1.82, 2.24) is 0 Å². The van der Waals surface area contributed by atoms with Gasteiger partial charge in [-0.3, -0.25) is 4.43 Å². The quantitative estimate of drug-likeness (QED) is 0.482. The van der Waals surface area contributed by atoms with E-state index in [2.05, 4.69) is 33.9 Å². The number of aliphatic hydroxyl groups is 1. The van der Waals surface area contributed by atoms with E-state index in [-0.39, 0.29) is 24.9 Å². The molecule has 0 aromatic heterocycles. The molecule has 0 fully saturated rings. The van der Waals surface area contributed by atoms with E-state index in [1.807, 2.05) is 0 Å². The Balaban J connectivity index is -0.0000000847. The summed E-state index contributed by atoms with van der Waals surface area (Å²) in [4.78, 5) is 0. The topological polar surface area (TPSA) is 37.3 Å². The molecule has 0 aliphatic rings. The first-order chi connectivity index (χ1) is 4.83. The first-order valence-electron chi connectivity index (χ1n) is 3.15. The summed E-state index contributed by atoms with van der Waals surface area (Å²) in [7, 11) is 0. The fourth-order valence-corrected chi connectivity index (χ4v) is 0.732. The van der Waals surface area contributed by atoms with Crippen LogP contribution in [-0.2, 0) is 21.8 Å². The van der Waals surface area contributed by atoms with Crippen LogP contribution in [-0.4, -0.2) is 11.7 Å². The second-order valence-corrected chi connectivity index (χ2v) is 2.14. The van der Waals surface area contributed by atoms with Crippen LogP contribution < -0.4 is 0 Å². The molecule has 0 amide bonds. The molecule has 0 bridgehead atoms. The minimum absolute atomic E-state index is 0.125. The molecule has 0 spiro atoms. The Morgan fingerprint density at radius 1 is 1.50 bits per heavy atom. The second-order valence-electron chi connectivity index (χ2n) is 1.26. The minimum atomic E-state index is 0.125. The predicted octanol–water partition coefficient (Wildman–Crippen LogP) is 2.26. The van der Waals surface area contributed by atoms with Gasteiger partial charge >= 0.3 is 21.8 Å². The van der Waals surface area contributed by atoms with Crippen LogP contribution in [0, 0.1) is 4.43 Å². The van der Waals surface area contributed by atoms with Crippen molar-refractivity contribution in [2.45, 2.75) is 26.7 Å². The van der Waals surface area contributed by atoms with Crippen molar-refractivity contribution in [3.05, 3.63) is 4.43 Å². The zero-order valence-electron chi connectivity index (χ0n) is 6.64. The Morgan fingerprint density at radius 2 is 1.80 bits per heavy atom. The van der Waals surface area contributed by atoms with Crippen molar-refractivity contribution < 1.29 is 26.9 Å². The van der Waals surface area contributed by atoms with Gasteiger partial charge in [0, 0.05) is 6.61 Å². The summed E-state index contributed by atoms with van der Waals surface area (Å²) < 4.78 is 10.5. The Hall–Kier alpha value is 1.11. The number of hydrogen-bond donors (Lipinski definition) is 1. The fourth-order valence-electron chi connectivity index (χ4n) is 0.109. The molecular formula is C6H14IO2Zn-. The SMILES string of the molecule is CCC[CH-]I.CCO.[O]=[Zn]. The summed E-state index contributed by atoms with van der Waals surface area (Å²) in [6.45, 7) is 4.11. The van der Waals surface area contributed by atoms with E-state index in [4.69, 9.17) is 8.68 Å². The molecule has 0 unspecified atom stereocenters. The molecule has 10 heavy (non-hydrogen) atoms. The molecule has 0 saturated heterocycles. The maximum atomic E-state index is 8.38. The summed E-state index contributed by atoms with van der Waals surface area (Å²) in [5, 5.41) is 7.57. The summed E-state index contributed by atoms with van der Waals surface area (Å²) in [6, 6.07) is 0. The molecule has 0 aliphatic carbocycles. The van der Waals surface area contributed by atoms with Crippen LogP contribution in [0.15, 0.2) is 0 Å². The van der Waals surface area contributed by atoms with E-state index in [0.717, 1.165) is 0 Å². The van der Waals surface area contributed by atoms with E-state index < -0.39 is 0 Å². The van der Waals surface area contributed by atoms with Crippen LogP contribution in [0.4, 0.5) is 0 Å². The van der Waals surface area contributed by atoms with Crippen LogP contribution >= 0.6 is 22.6 Å². The van der Waals surface area contributed by atoms with E-state index in [0.29, 0.717) is 0 Å². The molecular weight excluding hydrogens is 296 g/mol. The molecule has 0 aromatic carbocycles. The maximum absolute atomic E-state index is 8.38. The van der Waals surface area contributed by atoms with Crippen molar-refractivity contribution in [3.63, 3.8) is 0 Å². The van der Waals surface area contributed by atoms with Crippen molar-refractivity contribution in [3.8, 4) is 0 Å².